The summed E-state index contributed by atoms with van der Waals surface area (Å²) in [6.45, 7) is 13.8. The molecule has 0 saturated carbocycles. The van der Waals surface area contributed by atoms with Crippen LogP contribution >= 0.6 is 11.8 Å². The highest BCUT2D eigenvalue weighted by Crippen LogP contribution is 2.42. The van der Waals surface area contributed by atoms with Crippen molar-refractivity contribution in [3.05, 3.63) is 57.6 Å². The summed E-state index contributed by atoms with van der Waals surface area (Å²) in [5.41, 5.74) is -2.16. The normalized spacial score (nSPS) is 12.5. The standard InChI is InChI=1S/C28H28F6S/c1-17-19(13-15-25(3,4)5)23(11-9-21(17)27(29,30)31)35-24-12-10-22(28(32,33)34)18(2)20(24)14-16-26(6,7)8/h9-12H,1-8H3. The molecule has 0 unspecified atom stereocenters. The third-order valence-corrected chi connectivity index (χ3v) is 5.93. The molecule has 0 aliphatic carbocycles. The van der Waals surface area contributed by atoms with Crippen molar-refractivity contribution in [2.45, 2.75) is 77.5 Å². The third kappa shape index (κ3) is 7.74. The van der Waals surface area contributed by atoms with Gasteiger partial charge in [-0.2, -0.15) is 26.3 Å². The quantitative estimate of drug-likeness (QED) is 0.287. The highest BCUT2D eigenvalue weighted by atomic mass is 32.2. The summed E-state index contributed by atoms with van der Waals surface area (Å²) >= 11 is 1.07. The molecule has 35 heavy (non-hydrogen) atoms. The largest absolute Gasteiger partial charge is 0.416 e. The van der Waals surface area contributed by atoms with Crippen molar-refractivity contribution in [3.8, 4) is 23.7 Å². The van der Waals surface area contributed by atoms with Gasteiger partial charge in [0.25, 0.3) is 0 Å². The highest BCUT2D eigenvalue weighted by molar-refractivity contribution is 7.99. The fourth-order valence-electron chi connectivity index (χ4n) is 3.09. The monoisotopic (exact) mass is 510 g/mol. The Morgan fingerprint density at radius 3 is 1.14 bits per heavy atom. The van der Waals surface area contributed by atoms with Crippen LogP contribution in [0.1, 0.15) is 74.9 Å². The SMILES string of the molecule is Cc1c(C(F)(F)F)ccc(Sc2ccc(C(F)(F)F)c(C)c2C#CC(C)(C)C)c1C#CC(C)(C)C. The van der Waals surface area contributed by atoms with E-state index < -0.39 is 34.3 Å². The number of alkyl halides is 6. The molecule has 0 fully saturated rings. The molecule has 0 heterocycles. The molecule has 0 aromatic heterocycles. The zero-order chi connectivity index (χ0) is 27.0. The molecule has 2 rings (SSSR count). The molecular weight excluding hydrogens is 482 g/mol. The fraction of sp³-hybridized carbons (Fsp3) is 0.429. The van der Waals surface area contributed by atoms with Gasteiger partial charge >= 0.3 is 12.4 Å². The zero-order valence-electron chi connectivity index (χ0n) is 21.0. The number of hydrogen-bond donors (Lipinski definition) is 0. The second kappa shape index (κ2) is 9.86. The molecule has 0 N–H and O–H groups in total. The van der Waals surface area contributed by atoms with Gasteiger partial charge in [-0.1, -0.05) is 35.4 Å². The molecule has 0 radical (unpaired) electrons. The lowest BCUT2D eigenvalue weighted by Gasteiger charge is -2.18. The molecule has 0 atom stereocenters. The van der Waals surface area contributed by atoms with Crippen LogP contribution in [0.4, 0.5) is 26.3 Å². The Labute approximate surface area is 207 Å². The Kier molecular flexibility index (Phi) is 8.09. The van der Waals surface area contributed by atoms with E-state index >= 15 is 0 Å². The first-order chi connectivity index (χ1) is 15.7. The summed E-state index contributed by atoms with van der Waals surface area (Å²) < 4.78 is 81.4. The van der Waals surface area contributed by atoms with Crippen molar-refractivity contribution in [2.24, 2.45) is 10.8 Å². The molecule has 0 bridgehead atoms. The van der Waals surface area contributed by atoms with Crippen molar-refractivity contribution in [2.75, 3.05) is 0 Å². The predicted molar refractivity (Wildman–Crippen MR) is 129 cm³/mol. The minimum Gasteiger partial charge on any atom is -0.166 e. The van der Waals surface area contributed by atoms with Crippen LogP contribution in [-0.2, 0) is 12.4 Å². The molecule has 2 aromatic carbocycles. The van der Waals surface area contributed by atoms with Crippen molar-refractivity contribution >= 4 is 11.8 Å². The summed E-state index contributed by atoms with van der Waals surface area (Å²) in [6.07, 6.45) is -9.11. The Bertz CT molecular complexity index is 1130. The van der Waals surface area contributed by atoms with E-state index in [2.05, 4.69) is 23.7 Å². The zero-order valence-corrected chi connectivity index (χ0v) is 21.8. The van der Waals surface area contributed by atoms with Crippen LogP contribution in [0, 0.1) is 48.4 Å². The van der Waals surface area contributed by atoms with Crippen molar-refractivity contribution in [1.82, 2.24) is 0 Å². The molecule has 188 valence electrons. The summed E-state index contributed by atoms with van der Waals surface area (Å²) in [7, 11) is 0. The van der Waals surface area contributed by atoms with Gasteiger partial charge in [0.15, 0.2) is 0 Å². The maximum Gasteiger partial charge on any atom is 0.416 e. The summed E-state index contributed by atoms with van der Waals surface area (Å²) in [5.74, 6) is 11.7. The van der Waals surface area contributed by atoms with E-state index in [1.54, 1.807) is 0 Å². The smallest absolute Gasteiger partial charge is 0.166 e. The van der Waals surface area contributed by atoms with Gasteiger partial charge in [0.2, 0.25) is 0 Å². The molecule has 7 heteroatoms. The van der Waals surface area contributed by atoms with E-state index in [-0.39, 0.29) is 22.3 Å². The molecule has 0 saturated heterocycles. The number of rotatable bonds is 2. The Morgan fingerprint density at radius 2 is 0.886 bits per heavy atom. The van der Waals surface area contributed by atoms with Gasteiger partial charge < -0.3 is 0 Å². The minimum atomic E-state index is -4.56. The third-order valence-electron chi connectivity index (χ3n) is 4.81. The van der Waals surface area contributed by atoms with Crippen LogP contribution < -0.4 is 0 Å². The number of benzene rings is 2. The first-order valence-corrected chi connectivity index (χ1v) is 11.7. The lowest BCUT2D eigenvalue weighted by molar-refractivity contribution is -0.138. The average Bonchev–Trinajstić information content (AvgIpc) is 2.63. The number of hydrogen-bond acceptors (Lipinski definition) is 1. The van der Waals surface area contributed by atoms with E-state index in [0.717, 1.165) is 23.9 Å². The van der Waals surface area contributed by atoms with E-state index in [9.17, 15) is 26.3 Å². The number of halogens is 6. The maximum absolute atomic E-state index is 13.6. The predicted octanol–water partition coefficient (Wildman–Crippen LogP) is 9.29. The van der Waals surface area contributed by atoms with Gasteiger partial charge in [-0.25, -0.2) is 0 Å². The summed E-state index contributed by atoms with van der Waals surface area (Å²) in [4.78, 5) is 0.843. The van der Waals surface area contributed by atoms with Crippen molar-refractivity contribution < 1.29 is 26.3 Å². The lowest BCUT2D eigenvalue weighted by atomic mass is 9.95. The Morgan fingerprint density at radius 1 is 0.571 bits per heavy atom. The van der Waals surface area contributed by atoms with Crippen LogP contribution in [0.15, 0.2) is 34.1 Å². The molecule has 0 spiro atoms. The van der Waals surface area contributed by atoms with Crippen molar-refractivity contribution in [3.63, 3.8) is 0 Å². The molecule has 0 amide bonds. The van der Waals surface area contributed by atoms with Crippen LogP contribution in [0.2, 0.25) is 0 Å². The average molecular weight is 511 g/mol. The van der Waals surface area contributed by atoms with Crippen LogP contribution in [-0.4, -0.2) is 0 Å². The highest BCUT2D eigenvalue weighted by Gasteiger charge is 2.35. The van der Waals surface area contributed by atoms with Crippen molar-refractivity contribution in [1.29, 1.82) is 0 Å². The molecule has 0 nitrogen and oxygen atoms in total. The van der Waals surface area contributed by atoms with Crippen LogP contribution in [0.25, 0.3) is 0 Å². The van der Waals surface area contributed by atoms with Gasteiger partial charge in [-0.3, -0.25) is 0 Å². The van der Waals surface area contributed by atoms with E-state index in [4.69, 9.17) is 0 Å². The summed E-state index contributed by atoms with van der Waals surface area (Å²) in [5, 5.41) is 0. The van der Waals surface area contributed by atoms with E-state index in [1.165, 1.54) is 26.0 Å². The lowest BCUT2D eigenvalue weighted by Crippen LogP contribution is -2.10. The molecule has 0 aliphatic heterocycles. The topological polar surface area (TPSA) is 0 Å². The second-order valence-electron chi connectivity index (χ2n) is 10.3. The fourth-order valence-corrected chi connectivity index (χ4v) is 4.21. The molecule has 2 aromatic rings. The van der Waals surface area contributed by atoms with E-state index in [0.29, 0.717) is 9.79 Å². The molecular formula is C28H28F6S. The van der Waals surface area contributed by atoms with Crippen LogP contribution in [0.3, 0.4) is 0 Å². The first-order valence-electron chi connectivity index (χ1n) is 10.9. The van der Waals surface area contributed by atoms with Gasteiger partial charge in [0, 0.05) is 31.7 Å². The van der Waals surface area contributed by atoms with Gasteiger partial charge in [-0.05, 0) is 90.8 Å². The minimum absolute atomic E-state index is 0.0230. The Balaban J connectivity index is 2.80. The summed E-state index contributed by atoms with van der Waals surface area (Å²) in [6, 6.07) is 4.61. The maximum atomic E-state index is 13.6. The van der Waals surface area contributed by atoms with Gasteiger partial charge in [0.05, 0.1) is 11.1 Å². The van der Waals surface area contributed by atoms with Crippen LogP contribution in [0.5, 0.6) is 0 Å². The second-order valence-corrected chi connectivity index (χ2v) is 11.4. The van der Waals surface area contributed by atoms with Gasteiger partial charge in [-0.15, -0.1) is 0 Å². The van der Waals surface area contributed by atoms with E-state index in [1.807, 2.05) is 41.5 Å². The first kappa shape index (κ1) is 28.7. The van der Waals surface area contributed by atoms with Gasteiger partial charge in [0.1, 0.15) is 0 Å². The Hall–Kier alpha value is -2.51. The molecule has 0 aliphatic rings.